The standard InChI is InChI=1S/C21H28N4O2S/c1-3-7-22-21(26)27-13-16-10-15-6-8-25(16)12-17(15)18-11-19(24-14(2)23-18)20-5-4-9-28-20/h4-5,9,11,15-17H,3,6-8,10,12-13H2,1-2H3,(H,22,26)/t15-,16+,17-/m0/s1. The van der Waals surface area contributed by atoms with Crippen LogP contribution >= 0.6 is 11.3 Å². The number of thiophene rings is 1. The maximum absolute atomic E-state index is 11.8. The molecule has 1 amide bonds. The van der Waals surface area contributed by atoms with Crippen LogP contribution in [0.15, 0.2) is 23.6 Å². The number of carbonyl (C=O) groups is 1. The van der Waals surface area contributed by atoms with Crippen LogP contribution in [-0.2, 0) is 4.74 Å². The van der Waals surface area contributed by atoms with Crippen molar-refractivity contribution < 1.29 is 9.53 Å². The number of alkyl carbamates (subject to hydrolysis) is 1. The number of piperidine rings is 3. The minimum Gasteiger partial charge on any atom is -0.448 e. The highest BCUT2D eigenvalue weighted by Crippen LogP contribution is 2.42. The second-order valence-electron chi connectivity index (χ2n) is 7.77. The molecule has 150 valence electrons. The molecule has 3 aliphatic heterocycles. The molecule has 1 N–H and O–H groups in total. The Balaban J connectivity index is 1.43. The molecule has 3 fully saturated rings. The zero-order chi connectivity index (χ0) is 19.5. The van der Waals surface area contributed by atoms with Crippen LogP contribution in [0.4, 0.5) is 4.79 Å². The van der Waals surface area contributed by atoms with Crippen molar-refractivity contribution in [2.45, 2.75) is 45.1 Å². The van der Waals surface area contributed by atoms with E-state index in [0.717, 1.165) is 43.1 Å². The number of nitrogens with zero attached hydrogens (tertiary/aromatic N) is 3. The van der Waals surface area contributed by atoms with E-state index in [2.05, 4.69) is 38.8 Å². The summed E-state index contributed by atoms with van der Waals surface area (Å²) in [5, 5.41) is 4.87. The number of ether oxygens (including phenoxy) is 1. The molecule has 0 aromatic carbocycles. The van der Waals surface area contributed by atoms with Crippen molar-refractivity contribution in [1.29, 1.82) is 0 Å². The van der Waals surface area contributed by atoms with Crippen molar-refractivity contribution in [2.24, 2.45) is 5.92 Å². The first-order chi connectivity index (χ1) is 13.6. The van der Waals surface area contributed by atoms with E-state index < -0.39 is 0 Å². The molecule has 0 aliphatic carbocycles. The predicted octanol–water partition coefficient (Wildman–Crippen LogP) is 3.83. The Morgan fingerprint density at radius 1 is 1.43 bits per heavy atom. The SMILES string of the molecule is CCCNC(=O)OC[C@H]1C[C@@H]2CCN1C[C@@H]2c1cc(-c2cccs2)nc(C)n1. The third kappa shape index (κ3) is 4.20. The Kier molecular flexibility index (Phi) is 5.92. The van der Waals surface area contributed by atoms with Crippen LogP contribution in [0.1, 0.15) is 43.6 Å². The zero-order valence-corrected chi connectivity index (χ0v) is 17.4. The van der Waals surface area contributed by atoms with E-state index in [-0.39, 0.29) is 6.09 Å². The quantitative estimate of drug-likeness (QED) is 0.798. The molecule has 3 saturated heterocycles. The first kappa shape index (κ1) is 19.3. The lowest BCUT2D eigenvalue weighted by Gasteiger charge is -2.49. The Hall–Kier alpha value is -1.99. The topological polar surface area (TPSA) is 67.3 Å². The molecule has 1 unspecified atom stereocenters. The molecule has 2 aromatic heterocycles. The number of hydrogen-bond acceptors (Lipinski definition) is 6. The molecule has 2 bridgehead atoms. The molecule has 4 atom stereocenters. The lowest BCUT2D eigenvalue weighted by molar-refractivity contribution is -0.00346. The number of aromatic nitrogens is 2. The van der Waals surface area contributed by atoms with Crippen molar-refractivity contribution >= 4 is 17.4 Å². The summed E-state index contributed by atoms with van der Waals surface area (Å²) in [7, 11) is 0. The summed E-state index contributed by atoms with van der Waals surface area (Å²) in [5.41, 5.74) is 2.19. The van der Waals surface area contributed by atoms with E-state index in [0.29, 0.717) is 31.0 Å². The van der Waals surface area contributed by atoms with Gasteiger partial charge in [-0.15, -0.1) is 11.3 Å². The number of aryl methyl sites for hydroxylation is 1. The fourth-order valence-electron chi connectivity index (χ4n) is 4.43. The molecule has 0 saturated carbocycles. The maximum Gasteiger partial charge on any atom is 0.407 e. The van der Waals surface area contributed by atoms with Crippen LogP contribution in [0, 0.1) is 12.8 Å². The summed E-state index contributed by atoms with van der Waals surface area (Å²) in [6.07, 6.45) is 2.86. The van der Waals surface area contributed by atoms with Gasteiger partial charge in [0.15, 0.2) is 0 Å². The number of fused-ring (bicyclic) bond motifs is 3. The average Bonchev–Trinajstić information content (AvgIpc) is 3.25. The summed E-state index contributed by atoms with van der Waals surface area (Å²) in [6.45, 7) is 7.21. The molecule has 7 heteroatoms. The molecule has 3 aliphatic rings. The van der Waals surface area contributed by atoms with Gasteiger partial charge in [0.25, 0.3) is 0 Å². The fourth-order valence-corrected chi connectivity index (χ4v) is 5.11. The summed E-state index contributed by atoms with van der Waals surface area (Å²) in [5.74, 6) is 1.85. The Labute approximate surface area is 170 Å². The minimum absolute atomic E-state index is 0.298. The Bertz CT molecular complexity index is 811. The summed E-state index contributed by atoms with van der Waals surface area (Å²) >= 11 is 1.72. The fraction of sp³-hybridized carbons (Fsp3) is 0.571. The van der Waals surface area contributed by atoms with E-state index in [9.17, 15) is 4.79 Å². The van der Waals surface area contributed by atoms with Crippen LogP contribution in [0.3, 0.4) is 0 Å². The van der Waals surface area contributed by atoms with E-state index in [1.54, 1.807) is 11.3 Å². The van der Waals surface area contributed by atoms with Crippen molar-refractivity contribution in [2.75, 3.05) is 26.2 Å². The highest BCUT2D eigenvalue weighted by atomic mass is 32.1. The average molecular weight is 401 g/mol. The normalized spacial score (nSPS) is 26.2. The Morgan fingerprint density at radius 2 is 2.32 bits per heavy atom. The second-order valence-corrected chi connectivity index (χ2v) is 8.72. The molecule has 0 spiro atoms. The number of rotatable bonds is 6. The maximum atomic E-state index is 11.8. The van der Waals surface area contributed by atoms with Crippen molar-refractivity contribution in [1.82, 2.24) is 20.2 Å². The van der Waals surface area contributed by atoms with E-state index >= 15 is 0 Å². The smallest absolute Gasteiger partial charge is 0.407 e. The van der Waals surface area contributed by atoms with Gasteiger partial charge < -0.3 is 10.1 Å². The second kappa shape index (κ2) is 8.57. The lowest BCUT2D eigenvalue weighted by atomic mass is 9.74. The van der Waals surface area contributed by atoms with Crippen molar-refractivity contribution in [3.05, 3.63) is 35.1 Å². The van der Waals surface area contributed by atoms with Gasteiger partial charge >= 0.3 is 6.09 Å². The van der Waals surface area contributed by atoms with E-state index in [4.69, 9.17) is 9.72 Å². The van der Waals surface area contributed by atoms with Gasteiger partial charge in [-0.25, -0.2) is 14.8 Å². The van der Waals surface area contributed by atoms with Crippen molar-refractivity contribution in [3.8, 4) is 10.6 Å². The summed E-state index contributed by atoms with van der Waals surface area (Å²) in [4.78, 5) is 24.9. The molecule has 28 heavy (non-hydrogen) atoms. The van der Waals surface area contributed by atoms with Crippen LogP contribution < -0.4 is 5.32 Å². The minimum atomic E-state index is -0.298. The van der Waals surface area contributed by atoms with Gasteiger partial charge in [0.05, 0.1) is 10.6 Å². The molecule has 2 aromatic rings. The van der Waals surface area contributed by atoms with Gasteiger partial charge in [0.2, 0.25) is 0 Å². The summed E-state index contributed by atoms with van der Waals surface area (Å²) in [6, 6.07) is 6.67. The number of amides is 1. The first-order valence-electron chi connectivity index (χ1n) is 10.2. The molecule has 6 nitrogen and oxygen atoms in total. The highest BCUT2D eigenvalue weighted by molar-refractivity contribution is 7.13. The van der Waals surface area contributed by atoms with Crippen LogP contribution in [0.2, 0.25) is 0 Å². The largest absolute Gasteiger partial charge is 0.448 e. The van der Waals surface area contributed by atoms with Crippen LogP contribution in [0.25, 0.3) is 10.6 Å². The first-order valence-corrected chi connectivity index (χ1v) is 11.1. The lowest BCUT2D eigenvalue weighted by Crippen LogP contribution is -2.54. The summed E-state index contributed by atoms with van der Waals surface area (Å²) < 4.78 is 5.45. The predicted molar refractivity (Wildman–Crippen MR) is 111 cm³/mol. The molecule has 0 radical (unpaired) electrons. The van der Waals surface area contributed by atoms with Gasteiger partial charge in [-0.2, -0.15) is 0 Å². The Morgan fingerprint density at radius 3 is 3.04 bits per heavy atom. The van der Waals surface area contributed by atoms with Gasteiger partial charge in [-0.05, 0) is 56.2 Å². The highest BCUT2D eigenvalue weighted by Gasteiger charge is 2.41. The number of hydrogen-bond donors (Lipinski definition) is 1. The van der Waals surface area contributed by atoms with Crippen molar-refractivity contribution in [3.63, 3.8) is 0 Å². The van der Waals surface area contributed by atoms with Crippen LogP contribution in [0.5, 0.6) is 0 Å². The number of carbonyl (C=O) groups excluding carboxylic acids is 1. The molecular formula is C21H28N4O2S. The molecular weight excluding hydrogens is 372 g/mol. The van der Waals surface area contributed by atoms with Gasteiger partial charge in [0.1, 0.15) is 12.4 Å². The van der Waals surface area contributed by atoms with E-state index in [1.165, 1.54) is 11.3 Å². The van der Waals surface area contributed by atoms with Crippen LogP contribution in [-0.4, -0.2) is 53.2 Å². The van der Waals surface area contributed by atoms with E-state index in [1.807, 2.05) is 13.8 Å². The monoisotopic (exact) mass is 400 g/mol. The van der Waals surface area contributed by atoms with Gasteiger partial charge in [-0.3, -0.25) is 4.90 Å². The molecule has 5 rings (SSSR count). The van der Waals surface area contributed by atoms with Gasteiger partial charge in [0, 0.05) is 30.7 Å². The number of nitrogens with one attached hydrogen (secondary N) is 1. The third-order valence-corrected chi connectivity index (χ3v) is 6.71. The van der Waals surface area contributed by atoms with Gasteiger partial charge in [-0.1, -0.05) is 13.0 Å². The molecule has 5 heterocycles. The zero-order valence-electron chi connectivity index (χ0n) is 16.6. The third-order valence-electron chi connectivity index (χ3n) is 5.82.